The summed E-state index contributed by atoms with van der Waals surface area (Å²) >= 11 is 0. The van der Waals surface area contributed by atoms with E-state index in [9.17, 15) is 14.3 Å². The average molecular weight is 268 g/mol. The summed E-state index contributed by atoms with van der Waals surface area (Å²) < 4.78 is 12.9. The van der Waals surface area contributed by atoms with Crippen molar-refractivity contribution in [1.29, 1.82) is 0 Å². The molecule has 0 aromatic heterocycles. The third kappa shape index (κ3) is 2.28. The van der Waals surface area contributed by atoms with Gasteiger partial charge in [0.05, 0.1) is 6.10 Å². The highest BCUT2D eigenvalue weighted by Gasteiger charge is 2.27. The van der Waals surface area contributed by atoms with Gasteiger partial charge in [0.15, 0.2) is 5.78 Å². The van der Waals surface area contributed by atoms with Gasteiger partial charge < -0.3 is 5.11 Å². The fraction of sp³-hybridized carbons (Fsp3) is 0.118. The molecule has 0 aliphatic heterocycles. The predicted octanol–water partition coefficient (Wildman–Crippen LogP) is 3.53. The van der Waals surface area contributed by atoms with Crippen LogP contribution in [0.15, 0.2) is 54.1 Å². The highest BCUT2D eigenvalue weighted by Crippen LogP contribution is 2.33. The number of Topliss-reactive ketones (excluding diaryl/α,β-unsaturated/α-hetero) is 1. The molecule has 3 rings (SSSR count). The van der Waals surface area contributed by atoms with Crippen molar-refractivity contribution in [1.82, 2.24) is 0 Å². The van der Waals surface area contributed by atoms with Crippen LogP contribution in [-0.4, -0.2) is 10.9 Å². The minimum absolute atomic E-state index is 0.0739. The second kappa shape index (κ2) is 5.02. The second-order valence-electron chi connectivity index (χ2n) is 4.86. The van der Waals surface area contributed by atoms with Crippen molar-refractivity contribution in [2.45, 2.75) is 12.5 Å². The van der Waals surface area contributed by atoms with E-state index >= 15 is 0 Å². The Labute approximate surface area is 116 Å². The third-order valence-electron chi connectivity index (χ3n) is 3.48. The molecule has 1 aliphatic carbocycles. The Hall–Kier alpha value is -2.26. The summed E-state index contributed by atoms with van der Waals surface area (Å²) in [6.45, 7) is 0. The Morgan fingerprint density at radius 2 is 1.80 bits per heavy atom. The molecule has 0 saturated heterocycles. The minimum atomic E-state index is -0.671. The molecule has 2 aromatic carbocycles. The summed E-state index contributed by atoms with van der Waals surface area (Å²) in [6.07, 6.45) is 1.32. The monoisotopic (exact) mass is 268 g/mol. The lowest BCUT2D eigenvalue weighted by atomic mass is 9.84. The molecule has 0 saturated carbocycles. The molecule has 20 heavy (non-hydrogen) atoms. The SMILES string of the molecule is O=C1/C(=C\c2ccc(F)cc2)C[C@H](O)c2ccccc21. The summed E-state index contributed by atoms with van der Waals surface area (Å²) in [5.74, 6) is -0.386. The van der Waals surface area contributed by atoms with Crippen LogP contribution in [0.1, 0.15) is 34.0 Å². The summed E-state index contributed by atoms with van der Waals surface area (Å²) in [4.78, 5) is 12.4. The van der Waals surface area contributed by atoms with Crippen LogP contribution in [0, 0.1) is 5.82 Å². The van der Waals surface area contributed by atoms with Gasteiger partial charge in [-0.1, -0.05) is 36.4 Å². The number of carbonyl (C=O) groups excluding carboxylic acids is 1. The van der Waals surface area contributed by atoms with Gasteiger partial charge in [-0.15, -0.1) is 0 Å². The molecule has 0 fully saturated rings. The first kappa shape index (κ1) is 12.8. The molecule has 0 bridgehead atoms. The van der Waals surface area contributed by atoms with Crippen LogP contribution < -0.4 is 0 Å². The number of aliphatic hydroxyl groups is 1. The highest BCUT2D eigenvalue weighted by atomic mass is 19.1. The Morgan fingerprint density at radius 1 is 1.10 bits per heavy atom. The Balaban J connectivity index is 2.01. The van der Waals surface area contributed by atoms with Crippen LogP contribution in [0.3, 0.4) is 0 Å². The largest absolute Gasteiger partial charge is 0.388 e. The van der Waals surface area contributed by atoms with Crippen LogP contribution in [-0.2, 0) is 0 Å². The number of hydrogen-bond donors (Lipinski definition) is 1. The van der Waals surface area contributed by atoms with Gasteiger partial charge in [0.25, 0.3) is 0 Å². The first-order valence-electron chi connectivity index (χ1n) is 6.43. The van der Waals surface area contributed by atoms with Gasteiger partial charge >= 0.3 is 0 Å². The van der Waals surface area contributed by atoms with Crippen molar-refractivity contribution in [3.8, 4) is 0 Å². The number of ketones is 1. The van der Waals surface area contributed by atoms with E-state index in [1.165, 1.54) is 12.1 Å². The van der Waals surface area contributed by atoms with Crippen molar-refractivity contribution in [2.24, 2.45) is 0 Å². The van der Waals surface area contributed by atoms with E-state index in [0.717, 1.165) is 5.56 Å². The molecule has 1 atom stereocenters. The van der Waals surface area contributed by atoms with Gasteiger partial charge in [0.1, 0.15) is 5.82 Å². The maximum absolute atomic E-state index is 12.9. The van der Waals surface area contributed by atoms with E-state index < -0.39 is 6.10 Å². The van der Waals surface area contributed by atoms with Crippen LogP contribution in [0.5, 0.6) is 0 Å². The fourth-order valence-electron chi connectivity index (χ4n) is 2.46. The van der Waals surface area contributed by atoms with E-state index in [0.29, 0.717) is 16.7 Å². The molecule has 0 unspecified atom stereocenters. The van der Waals surface area contributed by atoms with Gasteiger partial charge in [-0.2, -0.15) is 0 Å². The molecule has 3 heteroatoms. The smallest absolute Gasteiger partial charge is 0.189 e. The normalized spacial score (nSPS) is 20.0. The topological polar surface area (TPSA) is 37.3 Å². The van der Waals surface area contributed by atoms with Crippen molar-refractivity contribution >= 4 is 11.9 Å². The number of carbonyl (C=O) groups is 1. The maximum Gasteiger partial charge on any atom is 0.189 e. The summed E-state index contributed by atoms with van der Waals surface area (Å²) in [6, 6.07) is 13.0. The minimum Gasteiger partial charge on any atom is -0.388 e. The molecular weight excluding hydrogens is 255 g/mol. The zero-order chi connectivity index (χ0) is 14.1. The first-order chi connectivity index (χ1) is 9.65. The molecule has 1 N–H and O–H groups in total. The standard InChI is InChI=1S/C17H13FO2/c18-13-7-5-11(6-8-13)9-12-10-16(19)14-3-1-2-4-15(14)17(12)20/h1-9,16,19H,10H2/b12-9-/t16-/m0/s1. The first-order valence-corrected chi connectivity index (χ1v) is 6.43. The molecule has 0 amide bonds. The zero-order valence-electron chi connectivity index (χ0n) is 10.7. The van der Waals surface area contributed by atoms with Gasteiger partial charge in [0, 0.05) is 17.6 Å². The van der Waals surface area contributed by atoms with E-state index in [4.69, 9.17) is 0 Å². The van der Waals surface area contributed by atoms with Crippen LogP contribution in [0.25, 0.3) is 6.08 Å². The Morgan fingerprint density at radius 3 is 2.55 bits per heavy atom. The predicted molar refractivity (Wildman–Crippen MR) is 74.7 cm³/mol. The summed E-state index contributed by atoms with van der Waals surface area (Å²) in [5.41, 5.74) is 2.51. The molecule has 100 valence electrons. The van der Waals surface area contributed by atoms with E-state index in [1.54, 1.807) is 36.4 Å². The fourth-order valence-corrected chi connectivity index (χ4v) is 2.46. The molecule has 1 aliphatic rings. The number of fused-ring (bicyclic) bond motifs is 1. The molecule has 2 aromatic rings. The second-order valence-corrected chi connectivity index (χ2v) is 4.86. The van der Waals surface area contributed by atoms with Crippen molar-refractivity contribution in [3.05, 3.63) is 76.6 Å². The quantitative estimate of drug-likeness (QED) is 0.803. The van der Waals surface area contributed by atoms with Crippen LogP contribution >= 0.6 is 0 Å². The number of halogens is 1. The molecular formula is C17H13FO2. The van der Waals surface area contributed by atoms with Crippen molar-refractivity contribution < 1.29 is 14.3 Å². The summed E-state index contributed by atoms with van der Waals surface area (Å²) in [5, 5.41) is 10.1. The van der Waals surface area contributed by atoms with Crippen LogP contribution in [0.2, 0.25) is 0 Å². The zero-order valence-corrected chi connectivity index (χ0v) is 10.7. The van der Waals surface area contributed by atoms with Gasteiger partial charge in [-0.3, -0.25) is 4.79 Å². The number of aliphatic hydroxyl groups excluding tert-OH is 1. The van der Waals surface area contributed by atoms with Gasteiger partial charge in [0.2, 0.25) is 0 Å². The van der Waals surface area contributed by atoms with Gasteiger partial charge in [-0.25, -0.2) is 4.39 Å². The van der Waals surface area contributed by atoms with Crippen molar-refractivity contribution in [2.75, 3.05) is 0 Å². The molecule has 0 spiro atoms. The third-order valence-corrected chi connectivity index (χ3v) is 3.48. The van der Waals surface area contributed by atoms with Gasteiger partial charge in [-0.05, 0) is 29.3 Å². The molecule has 2 nitrogen and oxygen atoms in total. The Kier molecular flexibility index (Phi) is 3.20. The lowest BCUT2D eigenvalue weighted by Crippen LogP contribution is -2.18. The summed E-state index contributed by atoms with van der Waals surface area (Å²) in [7, 11) is 0. The molecule has 0 radical (unpaired) electrons. The number of rotatable bonds is 1. The lowest BCUT2D eigenvalue weighted by molar-refractivity contribution is 0.0979. The Bertz CT molecular complexity index is 686. The van der Waals surface area contributed by atoms with Crippen LogP contribution in [0.4, 0.5) is 4.39 Å². The number of benzene rings is 2. The van der Waals surface area contributed by atoms with E-state index in [-0.39, 0.29) is 18.0 Å². The average Bonchev–Trinajstić information content (AvgIpc) is 2.47. The number of hydrogen-bond acceptors (Lipinski definition) is 2. The highest BCUT2D eigenvalue weighted by molar-refractivity contribution is 6.13. The lowest BCUT2D eigenvalue weighted by Gasteiger charge is -2.22. The van der Waals surface area contributed by atoms with E-state index in [2.05, 4.69) is 0 Å². The maximum atomic E-state index is 12.9. The van der Waals surface area contributed by atoms with Crippen molar-refractivity contribution in [3.63, 3.8) is 0 Å². The van der Waals surface area contributed by atoms with E-state index in [1.807, 2.05) is 6.07 Å². The molecule has 0 heterocycles.